The first-order valence-corrected chi connectivity index (χ1v) is 6.04. The van der Waals surface area contributed by atoms with Crippen molar-refractivity contribution < 1.29 is 4.79 Å². The minimum atomic E-state index is -0.193. The molecular formula is C13H17ClN2O. The molecule has 0 fully saturated rings. The lowest BCUT2D eigenvalue weighted by molar-refractivity contribution is 0.244. The van der Waals surface area contributed by atoms with Gasteiger partial charge in [0.2, 0.25) is 0 Å². The van der Waals surface area contributed by atoms with Crippen LogP contribution in [-0.2, 0) is 6.42 Å². The predicted octanol–water partition coefficient (Wildman–Crippen LogP) is 3.11. The highest BCUT2D eigenvalue weighted by molar-refractivity contribution is 6.31. The molecule has 0 radical (unpaired) electrons. The maximum Gasteiger partial charge on any atom is 0.318 e. The molecule has 0 aliphatic heterocycles. The second kappa shape index (κ2) is 7.74. The number of hydrogen-bond donors (Lipinski definition) is 2. The third-order valence-corrected chi connectivity index (χ3v) is 2.57. The zero-order valence-electron chi connectivity index (χ0n) is 9.87. The summed E-state index contributed by atoms with van der Waals surface area (Å²) in [6.07, 6.45) is 5.16. The molecule has 1 rings (SSSR count). The zero-order chi connectivity index (χ0) is 12.5. The van der Waals surface area contributed by atoms with Gasteiger partial charge in [-0.15, -0.1) is 0 Å². The fourth-order valence-corrected chi connectivity index (χ4v) is 1.55. The standard InChI is InChI=1S/C13H17ClN2O/c1-2-3-9-15-13(17)16-10-8-11-6-4-5-7-12(11)14/h3-7,9H,2,8,10H2,1H3,(H2,15,16,17)/b9-3+. The summed E-state index contributed by atoms with van der Waals surface area (Å²) in [5.74, 6) is 0. The molecule has 0 spiro atoms. The van der Waals surface area contributed by atoms with Crippen LogP contribution in [0.1, 0.15) is 18.9 Å². The molecule has 17 heavy (non-hydrogen) atoms. The van der Waals surface area contributed by atoms with Crippen molar-refractivity contribution >= 4 is 17.6 Å². The molecule has 1 aromatic carbocycles. The van der Waals surface area contributed by atoms with Crippen LogP contribution in [0.15, 0.2) is 36.5 Å². The van der Waals surface area contributed by atoms with E-state index in [9.17, 15) is 4.79 Å². The molecule has 0 aliphatic carbocycles. The Morgan fingerprint density at radius 3 is 2.88 bits per heavy atom. The minimum Gasteiger partial charge on any atom is -0.338 e. The predicted molar refractivity (Wildman–Crippen MR) is 71.1 cm³/mol. The first kappa shape index (κ1) is 13.6. The van der Waals surface area contributed by atoms with E-state index < -0.39 is 0 Å². The number of amides is 2. The molecule has 0 bridgehead atoms. The topological polar surface area (TPSA) is 41.1 Å². The van der Waals surface area contributed by atoms with Crippen LogP contribution in [0.3, 0.4) is 0 Å². The van der Waals surface area contributed by atoms with Crippen molar-refractivity contribution in [1.29, 1.82) is 0 Å². The van der Waals surface area contributed by atoms with Gasteiger partial charge in [0.05, 0.1) is 0 Å². The Morgan fingerprint density at radius 2 is 2.18 bits per heavy atom. The smallest absolute Gasteiger partial charge is 0.318 e. The van der Waals surface area contributed by atoms with Gasteiger partial charge in [-0.05, 0) is 24.5 Å². The van der Waals surface area contributed by atoms with Gasteiger partial charge in [0, 0.05) is 17.8 Å². The summed E-state index contributed by atoms with van der Waals surface area (Å²) in [4.78, 5) is 11.3. The Balaban J connectivity index is 2.26. The van der Waals surface area contributed by atoms with Crippen LogP contribution < -0.4 is 10.6 Å². The fraction of sp³-hybridized carbons (Fsp3) is 0.308. The van der Waals surface area contributed by atoms with Crippen molar-refractivity contribution in [2.24, 2.45) is 0 Å². The van der Waals surface area contributed by atoms with Crippen LogP contribution in [0.5, 0.6) is 0 Å². The Kier molecular flexibility index (Phi) is 6.18. The molecule has 1 aromatic rings. The molecule has 3 nitrogen and oxygen atoms in total. The van der Waals surface area contributed by atoms with Crippen molar-refractivity contribution in [1.82, 2.24) is 10.6 Å². The van der Waals surface area contributed by atoms with Gasteiger partial charge >= 0.3 is 6.03 Å². The van der Waals surface area contributed by atoms with Gasteiger partial charge in [0.1, 0.15) is 0 Å². The number of urea groups is 1. The van der Waals surface area contributed by atoms with Gasteiger partial charge in [-0.2, -0.15) is 0 Å². The van der Waals surface area contributed by atoms with Crippen molar-refractivity contribution in [3.05, 3.63) is 47.1 Å². The van der Waals surface area contributed by atoms with E-state index in [-0.39, 0.29) is 6.03 Å². The van der Waals surface area contributed by atoms with Crippen LogP contribution in [0.2, 0.25) is 5.02 Å². The average Bonchev–Trinajstić information content (AvgIpc) is 2.32. The zero-order valence-corrected chi connectivity index (χ0v) is 10.6. The van der Waals surface area contributed by atoms with Gasteiger partial charge < -0.3 is 10.6 Å². The molecule has 92 valence electrons. The van der Waals surface area contributed by atoms with E-state index in [1.807, 2.05) is 37.3 Å². The van der Waals surface area contributed by atoms with Gasteiger partial charge in [0.25, 0.3) is 0 Å². The van der Waals surface area contributed by atoms with Crippen LogP contribution in [0.4, 0.5) is 4.79 Å². The Bertz CT molecular complexity index is 391. The maximum atomic E-state index is 11.3. The van der Waals surface area contributed by atoms with E-state index in [4.69, 9.17) is 11.6 Å². The summed E-state index contributed by atoms with van der Waals surface area (Å²) in [6.45, 7) is 2.57. The number of allylic oxidation sites excluding steroid dienone is 1. The number of rotatable bonds is 5. The Hall–Kier alpha value is -1.48. The quantitative estimate of drug-likeness (QED) is 0.831. The summed E-state index contributed by atoms with van der Waals surface area (Å²) in [5.41, 5.74) is 1.04. The largest absolute Gasteiger partial charge is 0.338 e. The SMILES string of the molecule is CC/C=C/NC(=O)NCCc1ccccc1Cl. The third kappa shape index (κ3) is 5.41. The highest BCUT2D eigenvalue weighted by atomic mass is 35.5. The van der Waals surface area contributed by atoms with Crippen molar-refractivity contribution in [2.45, 2.75) is 19.8 Å². The summed E-state index contributed by atoms with van der Waals surface area (Å²) in [5, 5.41) is 6.11. The van der Waals surface area contributed by atoms with E-state index in [2.05, 4.69) is 10.6 Å². The number of benzene rings is 1. The molecule has 2 N–H and O–H groups in total. The van der Waals surface area contributed by atoms with Crippen LogP contribution in [0.25, 0.3) is 0 Å². The van der Waals surface area contributed by atoms with Crippen LogP contribution >= 0.6 is 11.6 Å². The molecular weight excluding hydrogens is 236 g/mol. The number of halogens is 1. The van der Waals surface area contributed by atoms with E-state index in [0.717, 1.165) is 23.4 Å². The summed E-state index contributed by atoms with van der Waals surface area (Å²) >= 11 is 6.00. The average molecular weight is 253 g/mol. The molecule has 0 aromatic heterocycles. The molecule has 0 saturated carbocycles. The second-order valence-corrected chi connectivity index (χ2v) is 3.96. The molecule has 4 heteroatoms. The third-order valence-electron chi connectivity index (χ3n) is 2.21. The van der Waals surface area contributed by atoms with Crippen molar-refractivity contribution in [3.63, 3.8) is 0 Å². The van der Waals surface area contributed by atoms with Gasteiger partial charge in [0.15, 0.2) is 0 Å². The monoisotopic (exact) mass is 252 g/mol. The summed E-state index contributed by atoms with van der Waals surface area (Å²) in [7, 11) is 0. The molecule has 0 atom stereocenters. The lowest BCUT2D eigenvalue weighted by Crippen LogP contribution is -2.33. The number of carbonyl (C=O) groups is 1. The number of nitrogens with one attached hydrogen (secondary N) is 2. The van der Waals surface area contributed by atoms with Crippen LogP contribution in [0, 0.1) is 0 Å². The molecule has 0 heterocycles. The number of hydrogen-bond acceptors (Lipinski definition) is 1. The first-order valence-electron chi connectivity index (χ1n) is 5.66. The molecule has 0 unspecified atom stereocenters. The summed E-state index contributed by atoms with van der Waals surface area (Å²) in [6, 6.07) is 7.44. The van der Waals surface area contributed by atoms with E-state index in [0.29, 0.717) is 6.54 Å². The number of carbonyl (C=O) groups excluding carboxylic acids is 1. The highest BCUT2D eigenvalue weighted by Crippen LogP contribution is 2.14. The van der Waals surface area contributed by atoms with Crippen molar-refractivity contribution in [3.8, 4) is 0 Å². The van der Waals surface area contributed by atoms with Gasteiger partial charge in [-0.1, -0.05) is 42.8 Å². The molecule has 2 amide bonds. The fourth-order valence-electron chi connectivity index (χ4n) is 1.32. The lowest BCUT2D eigenvalue weighted by atomic mass is 10.1. The van der Waals surface area contributed by atoms with Gasteiger partial charge in [-0.3, -0.25) is 0 Å². The maximum absolute atomic E-state index is 11.3. The lowest BCUT2D eigenvalue weighted by Gasteiger charge is -2.06. The normalized spacial score (nSPS) is 10.5. The van der Waals surface area contributed by atoms with E-state index in [1.54, 1.807) is 6.20 Å². The van der Waals surface area contributed by atoms with Crippen molar-refractivity contribution in [2.75, 3.05) is 6.54 Å². The van der Waals surface area contributed by atoms with Crippen LogP contribution in [-0.4, -0.2) is 12.6 Å². The Morgan fingerprint density at radius 1 is 1.41 bits per heavy atom. The second-order valence-electron chi connectivity index (χ2n) is 3.55. The molecule has 0 saturated heterocycles. The van der Waals surface area contributed by atoms with Gasteiger partial charge in [-0.25, -0.2) is 4.79 Å². The Labute approximate surface area is 107 Å². The van der Waals surface area contributed by atoms with E-state index >= 15 is 0 Å². The summed E-state index contributed by atoms with van der Waals surface area (Å²) < 4.78 is 0. The van der Waals surface area contributed by atoms with E-state index in [1.165, 1.54) is 0 Å². The minimum absolute atomic E-state index is 0.193. The highest BCUT2D eigenvalue weighted by Gasteiger charge is 2.00. The first-order chi connectivity index (χ1) is 8.24. The molecule has 0 aliphatic rings.